The largest absolute Gasteiger partial charge is 0.476 e. The lowest BCUT2D eigenvalue weighted by Gasteiger charge is -2.15. The van der Waals surface area contributed by atoms with Gasteiger partial charge in [-0.1, -0.05) is 5.21 Å². The van der Waals surface area contributed by atoms with Gasteiger partial charge in [0, 0.05) is 7.05 Å². The zero-order valence-electron chi connectivity index (χ0n) is 10.7. The van der Waals surface area contributed by atoms with E-state index in [4.69, 9.17) is 5.11 Å². The van der Waals surface area contributed by atoms with Crippen molar-refractivity contribution in [1.29, 1.82) is 0 Å². The van der Waals surface area contributed by atoms with E-state index in [0.717, 1.165) is 6.92 Å². The first-order valence-corrected chi connectivity index (χ1v) is 5.37. The van der Waals surface area contributed by atoms with E-state index >= 15 is 0 Å². The van der Waals surface area contributed by atoms with Crippen LogP contribution in [0.25, 0.3) is 0 Å². The fraction of sp³-hybridized carbons (Fsp3) is 0.444. The van der Waals surface area contributed by atoms with Crippen molar-refractivity contribution >= 4 is 17.9 Å². The second-order valence-corrected chi connectivity index (χ2v) is 3.78. The van der Waals surface area contributed by atoms with E-state index in [1.54, 1.807) is 5.32 Å². The molecule has 3 N–H and O–H groups in total. The molecule has 0 aromatic carbocycles. The van der Waals surface area contributed by atoms with Crippen LogP contribution in [-0.4, -0.2) is 45.1 Å². The Kier molecular flexibility index (Phi) is 4.50. The highest BCUT2D eigenvalue weighted by Crippen LogP contribution is 2.32. The smallest absolute Gasteiger partial charge is 0.435 e. The predicted molar refractivity (Wildman–Crippen MR) is 59.3 cm³/mol. The van der Waals surface area contributed by atoms with Gasteiger partial charge in [-0.25, -0.2) is 14.3 Å². The molecule has 9 nitrogen and oxygen atoms in total. The summed E-state index contributed by atoms with van der Waals surface area (Å²) in [4.78, 5) is 33.3. The standard InChI is InChI=1S/C9H10F3N5O4/c1-3(6(18)14-8(21)13-2)17-5(9(10,11)12)4(7(19)20)15-16-17/h3H,1-2H3,(H,19,20)(H2,13,14,18,21). The molecule has 0 aliphatic heterocycles. The van der Waals surface area contributed by atoms with E-state index in [1.165, 1.54) is 7.05 Å². The van der Waals surface area contributed by atoms with Crippen LogP contribution in [0.2, 0.25) is 0 Å². The van der Waals surface area contributed by atoms with Crippen molar-refractivity contribution < 1.29 is 32.7 Å². The number of nitrogens with zero attached hydrogens (tertiary/aromatic N) is 3. The molecule has 0 radical (unpaired) electrons. The number of carboxylic acids is 1. The average molecular weight is 309 g/mol. The van der Waals surface area contributed by atoms with Gasteiger partial charge in [0.05, 0.1) is 0 Å². The number of imide groups is 1. The SMILES string of the molecule is CNC(=O)NC(=O)C(C)n1nnc(C(=O)O)c1C(F)(F)F. The number of alkyl halides is 3. The molecule has 1 unspecified atom stereocenters. The zero-order chi connectivity index (χ0) is 16.4. The van der Waals surface area contributed by atoms with Crippen molar-refractivity contribution in [1.82, 2.24) is 25.6 Å². The quantitative estimate of drug-likeness (QED) is 0.722. The summed E-state index contributed by atoms with van der Waals surface area (Å²) in [6.45, 7) is 1.01. The Morgan fingerprint density at radius 1 is 1.33 bits per heavy atom. The maximum atomic E-state index is 12.9. The first-order chi connectivity index (χ1) is 9.59. The molecule has 1 atom stereocenters. The minimum Gasteiger partial charge on any atom is -0.476 e. The third kappa shape index (κ3) is 3.46. The summed E-state index contributed by atoms with van der Waals surface area (Å²) in [5.74, 6) is -3.05. The molecule has 1 aromatic rings. The molecule has 0 saturated carbocycles. The maximum absolute atomic E-state index is 12.9. The number of rotatable bonds is 3. The summed E-state index contributed by atoms with van der Waals surface area (Å²) >= 11 is 0. The van der Waals surface area contributed by atoms with E-state index in [2.05, 4.69) is 10.3 Å². The molecular formula is C9H10F3N5O4. The molecule has 1 aromatic heterocycles. The second-order valence-electron chi connectivity index (χ2n) is 3.78. The fourth-order valence-electron chi connectivity index (χ4n) is 1.36. The summed E-state index contributed by atoms with van der Waals surface area (Å²) in [7, 11) is 1.20. The van der Waals surface area contributed by atoms with Crippen LogP contribution in [0.4, 0.5) is 18.0 Å². The fourth-order valence-corrected chi connectivity index (χ4v) is 1.36. The number of hydrogen-bond donors (Lipinski definition) is 3. The highest BCUT2D eigenvalue weighted by Gasteiger charge is 2.43. The van der Waals surface area contributed by atoms with Crippen molar-refractivity contribution in [3.8, 4) is 0 Å². The van der Waals surface area contributed by atoms with Crippen LogP contribution in [0.1, 0.15) is 29.1 Å². The van der Waals surface area contributed by atoms with E-state index < -0.39 is 41.5 Å². The number of carbonyl (C=O) groups excluding carboxylic acids is 2. The van der Waals surface area contributed by atoms with Crippen molar-refractivity contribution in [2.24, 2.45) is 0 Å². The number of halogens is 3. The van der Waals surface area contributed by atoms with Crippen molar-refractivity contribution in [2.75, 3.05) is 7.05 Å². The van der Waals surface area contributed by atoms with Gasteiger partial charge in [0.15, 0.2) is 5.69 Å². The number of nitrogens with one attached hydrogen (secondary N) is 2. The lowest BCUT2D eigenvalue weighted by Crippen LogP contribution is -2.41. The third-order valence-corrected chi connectivity index (χ3v) is 2.38. The Morgan fingerprint density at radius 3 is 2.33 bits per heavy atom. The van der Waals surface area contributed by atoms with Crippen molar-refractivity contribution in [2.45, 2.75) is 19.1 Å². The normalized spacial score (nSPS) is 12.6. The Bertz CT molecular complexity index is 582. The Labute approximate surface area is 115 Å². The Balaban J connectivity index is 3.22. The summed E-state index contributed by atoms with van der Waals surface area (Å²) in [5.41, 5.74) is -3.02. The van der Waals surface area contributed by atoms with Crippen LogP contribution < -0.4 is 10.6 Å². The summed E-state index contributed by atoms with van der Waals surface area (Å²) < 4.78 is 38.7. The molecule has 0 spiro atoms. The summed E-state index contributed by atoms with van der Waals surface area (Å²) in [6, 6.07) is -2.53. The number of carbonyl (C=O) groups is 3. The molecule has 12 heteroatoms. The minimum atomic E-state index is -5.08. The lowest BCUT2D eigenvalue weighted by molar-refractivity contribution is -0.146. The first-order valence-electron chi connectivity index (χ1n) is 5.37. The molecule has 1 rings (SSSR count). The first kappa shape index (κ1) is 16.4. The maximum Gasteiger partial charge on any atom is 0.435 e. The molecule has 21 heavy (non-hydrogen) atoms. The average Bonchev–Trinajstić information content (AvgIpc) is 2.82. The molecule has 1 heterocycles. The van der Waals surface area contributed by atoms with Gasteiger partial charge in [-0.05, 0) is 6.92 Å². The van der Waals surface area contributed by atoms with Crippen LogP contribution in [0.15, 0.2) is 0 Å². The molecule has 3 amide bonds. The molecule has 116 valence electrons. The zero-order valence-corrected chi connectivity index (χ0v) is 10.7. The highest BCUT2D eigenvalue weighted by atomic mass is 19.4. The molecule has 0 aliphatic carbocycles. The summed E-state index contributed by atoms with van der Waals surface area (Å²) in [5, 5.41) is 18.4. The third-order valence-electron chi connectivity index (χ3n) is 2.38. The van der Waals surface area contributed by atoms with Gasteiger partial charge in [-0.3, -0.25) is 10.1 Å². The molecule has 0 fully saturated rings. The summed E-state index contributed by atoms with van der Waals surface area (Å²) in [6.07, 6.45) is -5.08. The molecule has 0 aliphatic rings. The number of aromatic carboxylic acids is 1. The van der Waals surface area contributed by atoms with Crippen LogP contribution in [0.5, 0.6) is 0 Å². The van der Waals surface area contributed by atoms with Crippen LogP contribution in [0, 0.1) is 0 Å². The van der Waals surface area contributed by atoms with Gasteiger partial charge in [0.1, 0.15) is 6.04 Å². The number of aromatic nitrogens is 3. The number of hydrogen-bond acceptors (Lipinski definition) is 5. The van der Waals surface area contributed by atoms with Gasteiger partial charge < -0.3 is 10.4 Å². The predicted octanol–water partition coefficient (Wildman–Crippen LogP) is 0.0117. The Morgan fingerprint density at radius 2 is 1.90 bits per heavy atom. The van der Waals surface area contributed by atoms with Gasteiger partial charge in [0.2, 0.25) is 5.69 Å². The molecular weight excluding hydrogens is 299 g/mol. The second kappa shape index (κ2) is 5.76. The molecule has 0 saturated heterocycles. The van der Waals surface area contributed by atoms with Crippen LogP contribution >= 0.6 is 0 Å². The van der Waals surface area contributed by atoms with E-state index in [0.29, 0.717) is 0 Å². The van der Waals surface area contributed by atoms with Gasteiger partial charge in [0.25, 0.3) is 5.91 Å². The lowest BCUT2D eigenvalue weighted by atomic mass is 10.2. The number of urea groups is 1. The number of amides is 3. The van der Waals surface area contributed by atoms with Crippen molar-refractivity contribution in [3.63, 3.8) is 0 Å². The van der Waals surface area contributed by atoms with Crippen LogP contribution in [0.3, 0.4) is 0 Å². The number of carboxylic acid groups (broad SMARTS) is 1. The van der Waals surface area contributed by atoms with Gasteiger partial charge >= 0.3 is 18.2 Å². The van der Waals surface area contributed by atoms with E-state index in [-0.39, 0.29) is 4.68 Å². The molecule has 0 bridgehead atoms. The minimum absolute atomic E-state index is 0.0989. The Hall–Kier alpha value is -2.66. The topological polar surface area (TPSA) is 126 Å². The monoisotopic (exact) mass is 309 g/mol. The van der Waals surface area contributed by atoms with Gasteiger partial charge in [-0.15, -0.1) is 5.10 Å². The highest BCUT2D eigenvalue weighted by molar-refractivity contribution is 5.96. The van der Waals surface area contributed by atoms with Gasteiger partial charge in [-0.2, -0.15) is 13.2 Å². The van der Waals surface area contributed by atoms with Crippen LogP contribution in [-0.2, 0) is 11.0 Å². The van der Waals surface area contributed by atoms with E-state index in [1.807, 2.05) is 5.32 Å². The van der Waals surface area contributed by atoms with E-state index in [9.17, 15) is 27.6 Å². The van der Waals surface area contributed by atoms with Crippen molar-refractivity contribution in [3.05, 3.63) is 11.4 Å².